The molecule has 5 nitrogen and oxygen atoms in total. The van der Waals surface area contributed by atoms with E-state index in [1.54, 1.807) is 12.5 Å². The van der Waals surface area contributed by atoms with Crippen molar-refractivity contribution in [3.05, 3.63) is 30.3 Å². The van der Waals surface area contributed by atoms with Crippen LogP contribution in [0.3, 0.4) is 0 Å². The molecule has 3 unspecified atom stereocenters. The van der Waals surface area contributed by atoms with Crippen LogP contribution in [-0.2, 0) is 0 Å². The van der Waals surface area contributed by atoms with Crippen molar-refractivity contribution in [3.63, 3.8) is 0 Å². The van der Waals surface area contributed by atoms with E-state index in [1.165, 1.54) is 19.4 Å². The van der Waals surface area contributed by atoms with Gasteiger partial charge in [0.25, 0.3) is 5.91 Å². The summed E-state index contributed by atoms with van der Waals surface area (Å²) in [6, 6.07) is 4.00. The standard InChI is InChI=1S/C17H19N3O2/c21-17(14-5-11-1-2-22-15(11)6-18-14)19-16-12-3-10-4-13(16)9-20(7-10)8-12/h1-2,5-6,10,12-13,16H,3-4,7-9H2,(H,19,21)/t10?,12-,13+,16?. The van der Waals surface area contributed by atoms with Crippen LogP contribution in [0.4, 0.5) is 0 Å². The number of carbonyl (C=O) groups is 1. The van der Waals surface area contributed by atoms with Crippen LogP contribution in [0.25, 0.3) is 11.0 Å². The molecule has 6 rings (SSSR count). The average Bonchev–Trinajstić information content (AvgIpc) is 2.97. The molecule has 2 aromatic heterocycles. The van der Waals surface area contributed by atoms with Crippen LogP contribution in [0.2, 0.25) is 0 Å². The molecule has 5 heterocycles. The highest BCUT2D eigenvalue weighted by atomic mass is 16.3. The smallest absolute Gasteiger partial charge is 0.270 e. The fourth-order valence-electron chi connectivity index (χ4n) is 4.86. The summed E-state index contributed by atoms with van der Waals surface area (Å²) in [6.45, 7) is 3.56. The number of piperidine rings is 3. The number of amides is 1. The largest absolute Gasteiger partial charge is 0.463 e. The number of pyridine rings is 1. The maximum atomic E-state index is 12.6. The fraction of sp³-hybridized carbons (Fsp3) is 0.529. The SMILES string of the molecule is O=C(NC1[C@@H]2CC3C[C@H]1CN(C3)C2)c1cc2ccoc2cn1. The minimum atomic E-state index is -0.0458. The fourth-order valence-corrected chi connectivity index (χ4v) is 4.86. The van der Waals surface area contributed by atoms with Gasteiger partial charge in [0.2, 0.25) is 0 Å². The molecule has 0 radical (unpaired) electrons. The molecular formula is C17H19N3O2. The molecule has 4 aliphatic rings. The zero-order valence-corrected chi connectivity index (χ0v) is 12.4. The number of furan rings is 1. The van der Waals surface area contributed by atoms with E-state index in [0.29, 0.717) is 23.6 Å². The molecule has 4 bridgehead atoms. The van der Waals surface area contributed by atoms with Gasteiger partial charge in [-0.05, 0) is 42.7 Å². The molecule has 3 saturated heterocycles. The highest BCUT2D eigenvalue weighted by molar-refractivity contribution is 5.95. The summed E-state index contributed by atoms with van der Waals surface area (Å²) in [6.07, 6.45) is 5.80. The lowest BCUT2D eigenvalue weighted by molar-refractivity contribution is -0.0419. The van der Waals surface area contributed by atoms with E-state index in [2.05, 4.69) is 15.2 Å². The van der Waals surface area contributed by atoms with Gasteiger partial charge in [-0.25, -0.2) is 4.98 Å². The Balaban J connectivity index is 1.38. The lowest BCUT2D eigenvalue weighted by atomic mass is 9.65. The Hall–Kier alpha value is -1.88. The van der Waals surface area contributed by atoms with Gasteiger partial charge in [0.05, 0.1) is 12.5 Å². The third-order valence-corrected chi connectivity index (χ3v) is 5.66. The van der Waals surface area contributed by atoms with Gasteiger partial charge in [-0.1, -0.05) is 0 Å². The van der Waals surface area contributed by atoms with Gasteiger partial charge in [0, 0.05) is 31.1 Å². The van der Waals surface area contributed by atoms with Crippen LogP contribution >= 0.6 is 0 Å². The van der Waals surface area contributed by atoms with Crippen molar-refractivity contribution in [2.75, 3.05) is 19.6 Å². The van der Waals surface area contributed by atoms with E-state index in [1.807, 2.05) is 12.1 Å². The van der Waals surface area contributed by atoms with Crippen molar-refractivity contribution in [2.45, 2.75) is 18.9 Å². The monoisotopic (exact) mass is 297 g/mol. The lowest BCUT2D eigenvalue weighted by Crippen LogP contribution is -2.64. The van der Waals surface area contributed by atoms with Crippen LogP contribution in [0.5, 0.6) is 0 Å². The zero-order valence-electron chi connectivity index (χ0n) is 12.4. The third kappa shape index (κ3) is 1.88. The Morgan fingerprint density at radius 2 is 2.09 bits per heavy atom. The number of aromatic nitrogens is 1. The normalized spacial score (nSPS) is 35.9. The van der Waals surface area contributed by atoms with E-state index >= 15 is 0 Å². The maximum absolute atomic E-state index is 12.6. The molecule has 114 valence electrons. The molecule has 2 aromatic rings. The van der Waals surface area contributed by atoms with E-state index in [-0.39, 0.29) is 5.91 Å². The summed E-state index contributed by atoms with van der Waals surface area (Å²) >= 11 is 0. The maximum Gasteiger partial charge on any atom is 0.270 e. The molecule has 0 aromatic carbocycles. The van der Waals surface area contributed by atoms with Crippen LogP contribution in [0.1, 0.15) is 23.3 Å². The Bertz CT molecular complexity index is 710. The predicted octanol–water partition coefficient (Wildman–Crippen LogP) is 1.90. The van der Waals surface area contributed by atoms with Crippen molar-refractivity contribution in [2.24, 2.45) is 17.8 Å². The van der Waals surface area contributed by atoms with Crippen LogP contribution in [0.15, 0.2) is 29.0 Å². The second-order valence-electron chi connectivity index (χ2n) is 7.10. The van der Waals surface area contributed by atoms with Gasteiger partial charge in [-0.3, -0.25) is 4.79 Å². The third-order valence-electron chi connectivity index (χ3n) is 5.66. The number of hydrogen-bond acceptors (Lipinski definition) is 4. The Labute approximate surface area is 128 Å². The van der Waals surface area contributed by atoms with E-state index < -0.39 is 0 Å². The first-order valence-corrected chi connectivity index (χ1v) is 8.13. The summed E-state index contributed by atoms with van der Waals surface area (Å²) < 4.78 is 5.28. The first-order chi connectivity index (χ1) is 10.8. The number of nitrogens with zero attached hydrogens (tertiary/aromatic N) is 2. The van der Waals surface area contributed by atoms with E-state index in [4.69, 9.17) is 4.42 Å². The number of carbonyl (C=O) groups excluding carboxylic acids is 1. The second-order valence-corrected chi connectivity index (χ2v) is 7.10. The van der Waals surface area contributed by atoms with Gasteiger partial charge in [-0.15, -0.1) is 0 Å². The number of hydrogen-bond donors (Lipinski definition) is 1. The summed E-state index contributed by atoms with van der Waals surface area (Å²) in [7, 11) is 0. The molecule has 1 amide bonds. The average molecular weight is 297 g/mol. The molecule has 1 saturated carbocycles. The van der Waals surface area contributed by atoms with Crippen LogP contribution in [0, 0.1) is 17.8 Å². The highest BCUT2D eigenvalue weighted by Crippen LogP contribution is 2.43. The molecule has 1 N–H and O–H groups in total. The summed E-state index contributed by atoms with van der Waals surface area (Å²) in [5.74, 6) is 2.04. The second kappa shape index (κ2) is 4.56. The van der Waals surface area contributed by atoms with Crippen LogP contribution < -0.4 is 5.32 Å². The summed E-state index contributed by atoms with van der Waals surface area (Å²) in [5, 5.41) is 4.20. The molecule has 1 aliphatic carbocycles. The minimum Gasteiger partial charge on any atom is -0.463 e. The van der Waals surface area contributed by atoms with Crippen molar-refractivity contribution >= 4 is 16.9 Å². The topological polar surface area (TPSA) is 58.4 Å². The first-order valence-electron chi connectivity index (χ1n) is 8.13. The minimum absolute atomic E-state index is 0.0458. The van der Waals surface area contributed by atoms with Gasteiger partial charge in [-0.2, -0.15) is 0 Å². The molecule has 22 heavy (non-hydrogen) atoms. The van der Waals surface area contributed by atoms with Crippen molar-refractivity contribution in [3.8, 4) is 0 Å². The Morgan fingerprint density at radius 1 is 1.27 bits per heavy atom. The molecule has 0 spiro atoms. The summed E-state index contributed by atoms with van der Waals surface area (Å²) in [4.78, 5) is 19.4. The van der Waals surface area contributed by atoms with Crippen molar-refractivity contribution in [1.82, 2.24) is 15.2 Å². The molecule has 4 fully saturated rings. The molecule has 5 atom stereocenters. The lowest BCUT2D eigenvalue weighted by Gasteiger charge is -2.55. The number of fused-ring (bicyclic) bond motifs is 1. The molecular weight excluding hydrogens is 278 g/mol. The number of rotatable bonds is 2. The highest BCUT2D eigenvalue weighted by Gasteiger charge is 2.47. The Morgan fingerprint density at radius 3 is 2.86 bits per heavy atom. The summed E-state index contributed by atoms with van der Waals surface area (Å²) in [5.41, 5.74) is 1.21. The quantitative estimate of drug-likeness (QED) is 0.920. The number of nitrogens with one attached hydrogen (secondary N) is 1. The van der Waals surface area contributed by atoms with E-state index in [0.717, 1.165) is 30.0 Å². The van der Waals surface area contributed by atoms with Gasteiger partial charge in [0.1, 0.15) is 5.69 Å². The van der Waals surface area contributed by atoms with Gasteiger partial charge in [0.15, 0.2) is 5.58 Å². The first kappa shape index (κ1) is 12.6. The van der Waals surface area contributed by atoms with Crippen molar-refractivity contribution in [1.29, 1.82) is 0 Å². The molecule has 3 aliphatic heterocycles. The van der Waals surface area contributed by atoms with Crippen molar-refractivity contribution < 1.29 is 9.21 Å². The van der Waals surface area contributed by atoms with E-state index in [9.17, 15) is 4.79 Å². The van der Waals surface area contributed by atoms with Crippen LogP contribution in [-0.4, -0.2) is 41.5 Å². The Kier molecular flexibility index (Phi) is 2.62. The molecule has 5 heteroatoms. The zero-order chi connectivity index (χ0) is 14.7. The van der Waals surface area contributed by atoms with Gasteiger partial charge < -0.3 is 14.6 Å². The van der Waals surface area contributed by atoms with Gasteiger partial charge >= 0.3 is 0 Å². The predicted molar refractivity (Wildman–Crippen MR) is 81.4 cm³/mol.